The summed E-state index contributed by atoms with van der Waals surface area (Å²) < 4.78 is 5.48. The zero-order valence-corrected chi connectivity index (χ0v) is 12.9. The summed E-state index contributed by atoms with van der Waals surface area (Å²) in [5.41, 5.74) is 6.50. The lowest BCUT2D eigenvalue weighted by atomic mass is 10.1. The first kappa shape index (κ1) is 16.8. The van der Waals surface area contributed by atoms with Crippen molar-refractivity contribution < 1.29 is 9.53 Å². The maximum Gasteiger partial charge on any atom is 0.225 e. The first-order valence-electron chi connectivity index (χ1n) is 7.04. The zero-order chi connectivity index (χ0) is 15.0. The van der Waals surface area contributed by atoms with Gasteiger partial charge in [-0.15, -0.1) is 0 Å². The van der Waals surface area contributed by atoms with E-state index in [1.54, 1.807) is 18.2 Å². The van der Waals surface area contributed by atoms with E-state index < -0.39 is 0 Å². The number of halogens is 1. The number of anilines is 1. The molecule has 20 heavy (non-hydrogen) atoms. The summed E-state index contributed by atoms with van der Waals surface area (Å²) in [5.74, 6) is 0.540. The number of nitrogens with one attached hydrogen (secondary N) is 1. The van der Waals surface area contributed by atoms with Crippen molar-refractivity contribution >= 4 is 23.2 Å². The summed E-state index contributed by atoms with van der Waals surface area (Å²) in [7, 11) is 0. The van der Waals surface area contributed by atoms with Crippen LogP contribution >= 0.6 is 11.6 Å². The average Bonchev–Trinajstić information content (AvgIpc) is 2.37. The normalized spacial score (nSPS) is 12.0. The Morgan fingerprint density at radius 1 is 1.40 bits per heavy atom. The van der Waals surface area contributed by atoms with Crippen molar-refractivity contribution in [3.8, 4) is 5.75 Å². The Morgan fingerprint density at radius 3 is 2.75 bits per heavy atom. The SMILES string of the molecule is CCCOc1ccc(NC(=O)CC(N)CCC)cc1Cl. The van der Waals surface area contributed by atoms with Gasteiger partial charge in [0.15, 0.2) is 0 Å². The molecule has 0 fully saturated rings. The Kier molecular flexibility index (Phi) is 7.41. The van der Waals surface area contributed by atoms with Crippen LogP contribution in [0.5, 0.6) is 5.75 Å². The molecular formula is C15H23ClN2O2. The van der Waals surface area contributed by atoms with Crippen LogP contribution in [0.15, 0.2) is 18.2 Å². The third kappa shape index (κ3) is 5.80. The maximum absolute atomic E-state index is 11.8. The third-order valence-electron chi connectivity index (χ3n) is 2.78. The highest BCUT2D eigenvalue weighted by Gasteiger charge is 2.10. The second-order valence-electron chi connectivity index (χ2n) is 4.79. The number of carbonyl (C=O) groups excluding carboxylic acids is 1. The minimum absolute atomic E-state index is 0.0933. The number of nitrogens with two attached hydrogens (primary N) is 1. The van der Waals surface area contributed by atoms with Gasteiger partial charge in [-0.05, 0) is 31.0 Å². The van der Waals surface area contributed by atoms with Gasteiger partial charge in [0, 0.05) is 18.2 Å². The topological polar surface area (TPSA) is 64.3 Å². The summed E-state index contributed by atoms with van der Waals surface area (Å²) in [6, 6.07) is 5.14. The van der Waals surface area contributed by atoms with Gasteiger partial charge in [-0.2, -0.15) is 0 Å². The highest BCUT2D eigenvalue weighted by Crippen LogP contribution is 2.27. The second-order valence-corrected chi connectivity index (χ2v) is 5.20. The summed E-state index contributed by atoms with van der Waals surface area (Å²) in [6.45, 7) is 4.70. The van der Waals surface area contributed by atoms with Crippen LogP contribution in [-0.2, 0) is 4.79 Å². The van der Waals surface area contributed by atoms with E-state index in [2.05, 4.69) is 5.32 Å². The van der Waals surface area contributed by atoms with Gasteiger partial charge in [0.1, 0.15) is 5.75 Å². The summed E-state index contributed by atoms with van der Waals surface area (Å²) in [4.78, 5) is 11.8. The van der Waals surface area contributed by atoms with E-state index in [1.807, 2.05) is 13.8 Å². The lowest BCUT2D eigenvalue weighted by molar-refractivity contribution is -0.116. The minimum atomic E-state index is -0.0948. The summed E-state index contributed by atoms with van der Waals surface area (Å²) >= 11 is 6.10. The van der Waals surface area contributed by atoms with Crippen LogP contribution in [0.4, 0.5) is 5.69 Å². The molecule has 0 radical (unpaired) electrons. The fraction of sp³-hybridized carbons (Fsp3) is 0.533. The monoisotopic (exact) mass is 298 g/mol. The van der Waals surface area contributed by atoms with Crippen LogP contribution in [0, 0.1) is 0 Å². The van der Waals surface area contributed by atoms with Gasteiger partial charge in [0.05, 0.1) is 11.6 Å². The Balaban J connectivity index is 2.55. The predicted octanol–water partition coefficient (Wildman–Crippen LogP) is 3.58. The van der Waals surface area contributed by atoms with E-state index in [-0.39, 0.29) is 11.9 Å². The number of hydrogen-bond donors (Lipinski definition) is 2. The molecule has 4 nitrogen and oxygen atoms in total. The summed E-state index contributed by atoms with van der Waals surface area (Å²) in [6.07, 6.45) is 3.06. The lowest BCUT2D eigenvalue weighted by Crippen LogP contribution is -2.26. The number of benzene rings is 1. The van der Waals surface area contributed by atoms with Gasteiger partial charge in [-0.3, -0.25) is 4.79 Å². The Hall–Kier alpha value is -1.26. The van der Waals surface area contributed by atoms with Crippen LogP contribution < -0.4 is 15.8 Å². The van der Waals surface area contributed by atoms with Gasteiger partial charge < -0.3 is 15.8 Å². The molecule has 0 saturated carbocycles. The highest BCUT2D eigenvalue weighted by molar-refractivity contribution is 6.32. The number of hydrogen-bond acceptors (Lipinski definition) is 3. The molecule has 112 valence electrons. The summed E-state index contributed by atoms with van der Waals surface area (Å²) in [5, 5.41) is 3.29. The third-order valence-corrected chi connectivity index (χ3v) is 3.08. The number of amides is 1. The van der Waals surface area contributed by atoms with Gasteiger partial charge in [0.25, 0.3) is 0 Å². The number of ether oxygens (including phenoxy) is 1. The largest absolute Gasteiger partial charge is 0.492 e. The van der Waals surface area contributed by atoms with Crippen molar-refractivity contribution in [2.75, 3.05) is 11.9 Å². The van der Waals surface area contributed by atoms with E-state index >= 15 is 0 Å². The molecule has 1 aromatic rings. The van der Waals surface area contributed by atoms with Gasteiger partial charge in [-0.25, -0.2) is 0 Å². The molecule has 0 bridgehead atoms. The molecule has 1 rings (SSSR count). The predicted molar refractivity (Wildman–Crippen MR) is 83.4 cm³/mol. The molecule has 0 saturated heterocycles. The van der Waals surface area contributed by atoms with E-state index in [0.717, 1.165) is 19.3 Å². The minimum Gasteiger partial charge on any atom is -0.492 e. The van der Waals surface area contributed by atoms with E-state index in [9.17, 15) is 4.79 Å². The molecule has 1 unspecified atom stereocenters. The smallest absolute Gasteiger partial charge is 0.225 e. The molecule has 1 amide bonds. The van der Waals surface area contributed by atoms with Crippen molar-refractivity contribution in [1.82, 2.24) is 0 Å². The molecule has 0 aliphatic heterocycles. The van der Waals surface area contributed by atoms with Gasteiger partial charge in [-0.1, -0.05) is 31.9 Å². The first-order chi connectivity index (χ1) is 9.56. The molecule has 0 aliphatic rings. The first-order valence-corrected chi connectivity index (χ1v) is 7.42. The van der Waals surface area contributed by atoms with Crippen LogP contribution in [0.2, 0.25) is 5.02 Å². The fourth-order valence-corrected chi connectivity index (χ4v) is 2.07. The molecule has 1 atom stereocenters. The van der Waals surface area contributed by atoms with Crippen molar-refractivity contribution in [1.29, 1.82) is 0 Å². The number of rotatable bonds is 8. The quantitative estimate of drug-likeness (QED) is 0.771. The van der Waals surface area contributed by atoms with Gasteiger partial charge in [0.2, 0.25) is 5.91 Å². The zero-order valence-electron chi connectivity index (χ0n) is 12.1. The standard InChI is InChI=1S/C15H23ClN2O2/c1-3-5-11(17)9-15(19)18-12-6-7-14(13(16)10-12)20-8-4-2/h6-7,10-11H,3-5,8-9,17H2,1-2H3,(H,18,19). The van der Waals surface area contributed by atoms with Crippen molar-refractivity contribution in [2.24, 2.45) is 5.73 Å². The van der Waals surface area contributed by atoms with E-state index in [4.69, 9.17) is 22.1 Å². The maximum atomic E-state index is 11.8. The van der Waals surface area contributed by atoms with Crippen LogP contribution in [-0.4, -0.2) is 18.6 Å². The second kappa shape index (κ2) is 8.82. The molecule has 0 aliphatic carbocycles. The molecule has 0 aromatic heterocycles. The van der Waals surface area contributed by atoms with Gasteiger partial charge >= 0.3 is 0 Å². The molecule has 0 heterocycles. The van der Waals surface area contributed by atoms with Crippen molar-refractivity contribution in [3.63, 3.8) is 0 Å². The van der Waals surface area contributed by atoms with Crippen molar-refractivity contribution in [3.05, 3.63) is 23.2 Å². The van der Waals surface area contributed by atoms with Crippen LogP contribution in [0.25, 0.3) is 0 Å². The molecule has 0 spiro atoms. The average molecular weight is 299 g/mol. The fourth-order valence-electron chi connectivity index (χ4n) is 1.83. The molecule has 1 aromatic carbocycles. The molecular weight excluding hydrogens is 276 g/mol. The highest BCUT2D eigenvalue weighted by atomic mass is 35.5. The van der Waals surface area contributed by atoms with E-state index in [1.165, 1.54) is 0 Å². The molecule has 5 heteroatoms. The van der Waals surface area contributed by atoms with Crippen molar-refractivity contribution in [2.45, 2.75) is 45.6 Å². The van der Waals surface area contributed by atoms with Crippen LogP contribution in [0.1, 0.15) is 39.5 Å². The van der Waals surface area contributed by atoms with E-state index in [0.29, 0.717) is 29.5 Å². The Bertz CT molecular complexity index is 438. The Morgan fingerprint density at radius 2 is 2.15 bits per heavy atom. The number of carbonyl (C=O) groups is 1. The molecule has 3 N–H and O–H groups in total. The Labute approximate surface area is 125 Å². The van der Waals surface area contributed by atoms with Crippen LogP contribution in [0.3, 0.4) is 0 Å². The lowest BCUT2D eigenvalue weighted by Gasteiger charge is -2.12.